The Balaban J connectivity index is 1.32. The van der Waals surface area contributed by atoms with Crippen molar-refractivity contribution >= 4 is 5.97 Å². The minimum Gasteiger partial charge on any atom is -0.494 e. The highest BCUT2D eigenvalue weighted by atomic mass is 16.5. The van der Waals surface area contributed by atoms with Gasteiger partial charge in [0.1, 0.15) is 5.75 Å². The van der Waals surface area contributed by atoms with E-state index >= 15 is 0 Å². The van der Waals surface area contributed by atoms with Crippen LogP contribution < -0.4 is 4.74 Å². The first-order valence-electron chi connectivity index (χ1n) is 14.2. The number of rotatable bonds is 17. The van der Waals surface area contributed by atoms with Crippen molar-refractivity contribution in [3.05, 3.63) is 90.0 Å². The third kappa shape index (κ3) is 10.8. The molecule has 0 radical (unpaired) electrons. The molecule has 0 saturated carbocycles. The topological polar surface area (TPSA) is 35.5 Å². The van der Waals surface area contributed by atoms with E-state index in [0.717, 1.165) is 38.0 Å². The highest BCUT2D eigenvalue weighted by Crippen LogP contribution is 2.24. The molecule has 1 atom stereocenters. The van der Waals surface area contributed by atoms with Gasteiger partial charge in [0.05, 0.1) is 18.3 Å². The number of hydrogen-bond donors (Lipinski definition) is 0. The van der Waals surface area contributed by atoms with Crippen LogP contribution in [0.25, 0.3) is 11.1 Å². The lowest BCUT2D eigenvalue weighted by Crippen LogP contribution is -2.15. The maximum absolute atomic E-state index is 12.2. The zero-order valence-corrected chi connectivity index (χ0v) is 22.8. The Kier molecular flexibility index (Phi) is 12.8. The van der Waals surface area contributed by atoms with E-state index in [1.165, 1.54) is 61.6 Å². The van der Waals surface area contributed by atoms with Gasteiger partial charge in [-0.15, -0.1) is 0 Å². The lowest BCUT2D eigenvalue weighted by molar-refractivity contribution is 0.0321. The van der Waals surface area contributed by atoms with Gasteiger partial charge in [-0.05, 0) is 73.6 Å². The zero-order valence-electron chi connectivity index (χ0n) is 22.8. The predicted octanol–water partition coefficient (Wildman–Crippen LogP) is 9.44. The van der Waals surface area contributed by atoms with Gasteiger partial charge in [0.2, 0.25) is 0 Å². The maximum atomic E-state index is 12.2. The summed E-state index contributed by atoms with van der Waals surface area (Å²) in [5, 5.41) is 0. The molecule has 0 aliphatic carbocycles. The quantitative estimate of drug-likeness (QED) is 0.137. The van der Waals surface area contributed by atoms with E-state index in [2.05, 4.69) is 55.5 Å². The molecule has 0 amide bonds. The first-order valence-corrected chi connectivity index (χ1v) is 14.2. The highest BCUT2D eigenvalue weighted by Gasteiger charge is 2.11. The summed E-state index contributed by atoms with van der Waals surface area (Å²) in [6, 6.07) is 26.4. The summed E-state index contributed by atoms with van der Waals surface area (Å²) in [5.74, 6) is 0.701. The van der Waals surface area contributed by atoms with Gasteiger partial charge in [0.15, 0.2) is 0 Å². The summed E-state index contributed by atoms with van der Waals surface area (Å²) in [7, 11) is 0. The second-order valence-corrected chi connectivity index (χ2v) is 10.0. The second-order valence-electron chi connectivity index (χ2n) is 10.0. The predicted molar refractivity (Wildman–Crippen MR) is 154 cm³/mol. The lowest BCUT2D eigenvalue weighted by atomic mass is 10.0. The number of unbranched alkanes of at least 4 members (excludes halogenated alkanes) is 7. The Labute approximate surface area is 224 Å². The van der Waals surface area contributed by atoms with Crippen LogP contribution in [0.15, 0.2) is 78.9 Å². The summed E-state index contributed by atoms with van der Waals surface area (Å²) in [6.07, 6.45) is 13.2. The van der Waals surface area contributed by atoms with Crippen molar-refractivity contribution in [1.82, 2.24) is 0 Å². The molecule has 3 nitrogen and oxygen atoms in total. The van der Waals surface area contributed by atoms with Crippen LogP contribution in [0.5, 0.6) is 5.75 Å². The van der Waals surface area contributed by atoms with Gasteiger partial charge in [0.25, 0.3) is 0 Å². The average molecular weight is 501 g/mol. The SMILES string of the molecule is CCCCCCCCCCOc1ccc(-c2ccc(CCCC(C)OC(=O)c3ccccc3)cc2)cc1. The van der Waals surface area contributed by atoms with Crippen molar-refractivity contribution in [3.8, 4) is 16.9 Å². The normalized spacial score (nSPS) is 11.7. The van der Waals surface area contributed by atoms with Crippen molar-refractivity contribution < 1.29 is 14.3 Å². The van der Waals surface area contributed by atoms with Gasteiger partial charge in [-0.1, -0.05) is 106 Å². The molecule has 1 unspecified atom stereocenters. The molecule has 3 aromatic rings. The molecular weight excluding hydrogens is 456 g/mol. The average Bonchev–Trinajstić information content (AvgIpc) is 2.93. The summed E-state index contributed by atoms with van der Waals surface area (Å²) >= 11 is 0. The van der Waals surface area contributed by atoms with Crippen molar-refractivity contribution in [1.29, 1.82) is 0 Å². The number of esters is 1. The fourth-order valence-electron chi connectivity index (χ4n) is 4.51. The van der Waals surface area contributed by atoms with Gasteiger partial charge < -0.3 is 9.47 Å². The molecule has 37 heavy (non-hydrogen) atoms. The Morgan fingerprint density at radius 3 is 1.95 bits per heavy atom. The molecule has 0 saturated heterocycles. The van der Waals surface area contributed by atoms with E-state index in [0.29, 0.717) is 5.56 Å². The molecule has 198 valence electrons. The first kappa shape index (κ1) is 28.5. The maximum Gasteiger partial charge on any atom is 0.338 e. The Bertz CT molecular complexity index is 1010. The fourth-order valence-corrected chi connectivity index (χ4v) is 4.51. The molecule has 0 spiro atoms. The van der Waals surface area contributed by atoms with Gasteiger partial charge in [-0.25, -0.2) is 4.79 Å². The molecule has 0 aliphatic rings. The monoisotopic (exact) mass is 500 g/mol. The third-order valence-electron chi connectivity index (χ3n) is 6.80. The summed E-state index contributed by atoms with van der Waals surface area (Å²) < 4.78 is 11.5. The van der Waals surface area contributed by atoms with Crippen molar-refractivity contribution in [2.45, 2.75) is 90.6 Å². The van der Waals surface area contributed by atoms with Crippen LogP contribution in [0.3, 0.4) is 0 Å². The number of carbonyl (C=O) groups excluding carboxylic acids is 1. The van der Waals surface area contributed by atoms with Crippen LogP contribution in [0, 0.1) is 0 Å². The van der Waals surface area contributed by atoms with Gasteiger partial charge in [-0.3, -0.25) is 0 Å². The smallest absolute Gasteiger partial charge is 0.338 e. The van der Waals surface area contributed by atoms with Gasteiger partial charge in [0, 0.05) is 0 Å². The van der Waals surface area contributed by atoms with Crippen LogP contribution in [0.2, 0.25) is 0 Å². The van der Waals surface area contributed by atoms with Crippen LogP contribution in [0.1, 0.15) is 94.0 Å². The van der Waals surface area contributed by atoms with Crippen LogP contribution in [0.4, 0.5) is 0 Å². The van der Waals surface area contributed by atoms with E-state index in [-0.39, 0.29) is 12.1 Å². The van der Waals surface area contributed by atoms with Crippen LogP contribution in [-0.4, -0.2) is 18.7 Å². The van der Waals surface area contributed by atoms with Crippen molar-refractivity contribution in [2.24, 2.45) is 0 Å². The summed E-state index contributed by atoms with van der Waals surface area (Å²) in [4.78, 5) is 12.2. The van der Waals surface area contributed by atoms with Crippen molar-refractivity contribution in [2.75, 3.05) is 6.61 Å². The Hall–Kier alpha value is -3.07. The second kappa shape index (κ2) is 16.6. The molecule has 0 fully saturated rings. The Morgan fingerprint density at radius 1 is 0.703 bits per heavy atom. The molecule has 0 N–H and O–H groups in total. The fraction of sp³-hybridized carbons (Fsp3) is 0.441. The van der Waals surface area contributed by atoms with Crippen LogP contribution >= 0.6 is 0 Å². The summed E-state index contributed by atoms with van der Waals surface area (Å²) in [5.41, 5.74) is 4.32. The number of benzene rings is 3. The molecule has 0 aliphatic heterocycles. The lowest BCUT2D eigenvalue weighted by Gasteiger charge is -2.13. The Morgan fingerprint density at radius 2 is 1.30 bits per heavy atom. The first-order chi connectivity index (χ1) is 18.2. The van der Waals surface area contributed by atoms with E-state index in [1.54, 1.807) is 12.1 Å². The number of aryl methyl sites for hydroxylation is 1. The van der Waals surface area contributed by atoms with E-state index in [4.69, 9.17) is 9.47 Å². The molecule has 3 rings (SSSR count). The molecule has 0 heterocycles. The molecule has 0 bridgehead atoms. The zero-order chi connectivity index (χ0) is 26.1. The van der Waals surface area contributed by atoms with E-state index in [1.807, 2.05) is 25.1 Å². The molecule has 0 aromatic heterocycles. The molecule has 3 aromatic carbocycles. The molecule has 3 heteroatoms. The van der Waals surface area contributed by atoms with Crippen molar-refractivity contribution in [3.63, 3.8) is 0 Å². The third-order valence-corrected chi connectivity index (χ3v) is 6.80. The van der Waals surface area contributed by atoms with Crippen LogP contribution in [-0.2, 0) is 11.2 Å². The molecular formula is C34H44O3. The summed E-state index contributed by atoms with van der Waals surface area (Å²) in [6.45, 7) is 5.03. The number of carbonyl (C=O) groups is 1. The van der Waals surface area contributed by atoms with E-state index < -0.39 is 0 Å². The minimum absolute atomic E-state index is 0.0942. The van der Waals surface area contributed by atoms with Gasteiger partial charge >= 0.3 is 5.97 Å². The van der Waals surface area contributed by atoms with E-state index in [9.17, 15) is 4.79 Å². The van der Waals surface area contributed by atoms with Gasteiger partial charge in [-0.2, -0.15) is 0 Å². The minimum atomic E-state index is -0.248. The standard InChI is InChI=1S/C34H44O3/c1-3-4-5-6-7-8-9-13-27-36-33-25-23-31(24-26-33)30-21-19-29(20-22-30)16-14-15-28(2)37-34(35)32-17-11-10-12-18-32/h10-12,17-26,28H,3-9,13-16,27H2,1-2H3. The highest BCUT2D eigenvalue weighted by molar-refractivity contribution is 5.89. The largest absolute Gasteiger partial charge is 0.494 e. The number of hydrogen-bond acceptors (Lipinski definition) is 3. The number of ether oxygens (including phenoxy) is 2.